The Labute approximate surface area is 173 Å². The average molecular weight is 402 g/mol. The van der Waals surface area contributed by atoms with Gasteiger partial charge in [0.05, 0.1) is 32.5 Å². The predicted octanol–water partition coefficient (Wildman–Crippen LogP) is 4.60. The van der Waals surface area contributed by atoms with Gasteiger partial charge >= 0.3 is 0 Å². The first-order valence-electron chi connectivity index (χ1n) is 10.1. The lowest BCUT2D eigenvalue weighted by Gasteiger charge is -2.14. The molecule has 0 atom stereocenters. The van der Waals surface area contributed by atoms with Crippen LogP contribution in [0.2, 0.25) is 0 Å². The molecule has 0 spiro atoms. The Morgan fingerprint density at radius 3 is 2.38 bits per heavy atom. The third-order valence-corrected chi connectivity index (χ3v) is 4.25. The number of rotatable bonds is 12. The summed E-state index contributed by atoms with van der Waals surface area (Å²) in [4.78, 5) is 12.7. The van der Waals surface area contributed by atoms with E-state index in [1.54, 1.807) is 25.3 Å². The van der Waals surface area contributed by atoms with Crippen LogP contribution in [0.1, 0.15) is 49.5 Å². The molecule has 0 aliphatic rings. The van der Waals surface area contributed by atoms with Crippen molar-refractivity contribution in [3.63, 3.8) is 0 Å². The molecule has 0 saturated carbocycles. The summed E-state index contributed by atoms with van der Waals surface area (Å²) in [7, 11) is 1.61. The van der Waals surface area contributed by atoms with E-state index in [9.17, 15) is 4.79 Å². The Balaban J connectivity index is 2.06. The Kier molecular flexibility index (Phi) is 9.15. The van der Waals surface area contributed by atoms with Gasteiger partial charge in [0.2, 0.25) is 0 Å². The second kappa shape index (κ2) is 11.8. The molecule has 1 amide bonds. The van der Waals surface area contributed by atoms with Crippen molar-refractivity contribution in [3.8, 4) is 23.0 Å². The smallest absolute Gasteiger partial charge is 0.255 e. The summed E-state index contributed by atoms with van der Waals surface area (Å²) in [6.45, 7) is 7.95. The zero-order valence-corrected chi connectivity index (χ0v) is 17.7. The second-order valence-corrected chi connectivity index (χ2v) is 6.39. The maximum absolute atomic E-state index is 12.7. The van der Waals surface area contributed by atoms with Gasteiger partial charge in [-0.1, -0.05) is 19.4 Å². The molecule has 1 N–H and O–H groups in total. The maximum atomic E-state index is 12.7. The lowest BCUT2D eigenvalue weighted by atomic mass is 10.1. The van der Waals surface area contributed by atoms with Crippen LogP contribution in [0.3, 0.4) is 0 Å². The first kappa shape index (κ1) is 22.4. The highest BCUT2D eigenvalue weighted by Gasteiger charge is 2.14. The summed E-state index contributed by atoms with van der Waals surface area (Å²) in [6, 6.07) is 10.9. The van der Waals surface area contributed by atoms with Crippen molar-refractivity contribution in [2.45, 2.75) is 40.2 Å². The topological polar surface area (TPSA) is 66.0 Å². The lowest BCUT2D eigenvalue weighted by molar-refractivity contribution is 0.0947. The van der Waals surface area contributed by atoms with Gasteiger partial charge in [-0.05, 0) is 50.1 Å². The Morgan fingerprint density at radius 2 is 1.69 bits per heavy atom. The molecule has 0 bridgehead atoms. The SMILES string of the molecule is CCCCOc1ccc(CNC(=O)c2ccc(OCC)cc2OCC)cc1OC. The molecular formula is C23H31NO5. The molecule has 0 saturated heterocycles. The van der Waals surface area contributed by atoms with Crippen LogP contribution in [-0.2, 0) is 6.54 Å². The molecule has 2 rings (SSSR count). The highest BCUT2D eigenvalue weighted by atomic mass is 16.5. The fourth-order valence-electron chi connectivity index (χ4n) is 2.77. The van der Waals surface area contributed by atoms with Crippen molar-refractivity contribution < 1.29 is 23.7 Å². The van der Waals surface area contributed by atoms with E-state index < -0.39 is 0 Å². The van der Waals surface area contributed by atoms with Crippen molar-refractivity contribution in [1.82, 2.24) is 5.32 Å². The second-order valence-electron chi connectivity index (χ2n) is 6.39. The van der Waals surface area contributed by atoms with Crippen molar-refractivity contribution in [2.75, 3.05) is 26.9 Å². The lowest BCUT2D eigenvalue weighted by Crippen LogP contribution is -2.23. The zero-order chi connectivity index (χ0) is 21.1. The fourth-order valence-corrected chi connectivity index (χ4v) is 2.77. The monoisotopic (exact) mass is 401 g/mol. The molecule has 6 heteroatoms. The Bertz CT molecular complexity index is 791. The molecule has 6 nitrogen and oxygen atoms in total. The Morgan fingerprint density at radius 1 is 0.897 bits per heavy atom. The van der Waals surface area contributed by atoms with Crippen LogP contribution >= 0.6 is 0 Å². The molecular weight excluding hydrogens is 370 g/mol. The van der Waals surface area contributed by atoms with Gasteiger partial charge in [0, 0.05) is 12.6 Å². The van der Waals surface area contributed by atoms with Crippen LogP contribution in [0.4, 0.5) is 0 Å². The average Bonchev–Trinajstić information content (AvgIpc) is 2.73. The van der Waals surface area contributed by atoms with Crippen molar-refractivity contribution in [3.05, 3.63) is 47.5 Å². The van der Waals surface area contributed by atoms with Crippen LogP contribution < -0.4 is 24.3 Å². The molecule has 0 unspecified atom stereocenters. The van der Waals surface area contributed by atoms with E-state index in [0.717, 1.165) is 18.4 Å². The number of carbonyl (C=O) groups excluding carboxylic acids is 1. The third-order valence-electron chi connectivity index (χ3n) is 4.25. The van der Waals surface area contributed by atoms with Crippen LogP contribution in [0, 0.1) is 0 Å². The summed E-state index contributed by atoms with van der Waals surface area (Å²) in [6.07, 6.45) is 2.06. The van der Waals surface area contributed by atoms with Crippen molar-refractivity contribution in [2.24, 2.45) is 0 Å². The fraction of sp³-hybridized carbons (Fsp3) is 0.435. The number of benzene rings is 2. The standard InChI is InChI=1S/C23H31NO5/c1-5-8-13-29-20-12-9-17(14-22(20)26-4)16-24-23(25)19-11-10-18(27-6-2)15-21(19)28-7-3/h9-12,14-15H,5-8,13,16H2,1-4H3,(H,24,25). The Hall–Kier alpha value is -2.89. The molecule has 0 aliphatic heterocycles. The molecule has 0 heterocycles. The third kappa shape index (κ3) is 6.59. The molecule has 0 radical (unpaired) electrons. The summed E-state index contributed by atoms with van der Waals surface area (Å²) >= 11 is 0. The largest absolute Gasteiger partial charge is 0.494 e. The normalized spacial score (nSPS) is 10.3. The maximum Gasteiger partial charge on any atom is 0.255 e. The highest BCUT2D eigenvalue weighted by Crippen LogP contribution is 2.29. The molecule has 2 aromatic rings. The van der Waals surface area contributed by atoms with Gasteiger partial charge in [0.15, 0.2) is 11.5 Å². The minimum atomic E-state index is -0.210. The zero-order valence-electron chi connectivity index (χ0n) is 17.7. The van der Waals surface area contributed by atoms with Gasteiger partial charge < -0.3 is 24.3 Å². The van der Waals surface area contributed by atoms with Crippen molar-refractivity contribution in [1.29, 1.82) is 0 Å². The van der Waals surface area contributed by atoms with Gasteiger partial charge in [0.25, 0.3) is 5.91 Å². The van der Waals surface area contributed by atoms with Crippen LogP contribution in [0.25, 0.3) is 0 Å². The number of carbonyl (C=O) groups is 1. The van der Waals surface area contributed by atoms with Crippen molar-refractivity contribution >= 4 is 5.91 Å². The van der Waals surface area contributed by atoms with Gasteiger partial charge in [-0.15, -0.1) is 0 Å². The summed E-state index contributed by atoms with van der Waals surface area (Å²) in [5.74, 6) is 2.34. The number of unbranched alkanes of at least 4 members (excludes halogenated alkanes) is 1. The highest BCUT2D eigenvalue weighted by molar-refractivity contribution is 5.97. The van der Waals surface area contributed by atoms with Crippen LogP contribution in [0.15, 0.2) is 36.4 Å². The van der Waals surface area contributed by atoms with E-state index in [1.165, 1.54) is 0 Å². The summed E-state index contributed by atoms with van der Waals surface area (Å²) in [5, 5.41) is 2.93. The number of methoxy groups -OCH3 is 1. The number of hydrogen-bond donors (Lipinski definition) is 1. The predicted molar refractivity (Wildman–Crippen MR) is 113 cm³/mol. The minimum Gasteiger partial charge on any atom is -0.494 e. The van der Waals surface area contributed by atoms with E-state index >= 15 is 0 Å². The molecule has 29 heavy (non-hydrogen) atoms. The summed E-state index contributed by atoms with van der Waals surface area (Å²) < 4.78 is 22.3. The number of hydrogen-bond acceptors (Lipinski definition) is 5. The van der Waals surface area contributed by atoms with E-state index in [2.05, 4.69) is 12.2 Å². The molecule has 158 valence electrons. The van der Waals surface area contributed by atoms with E-state index in [4.69, 9.17) is 18.9 Å². The molecule has 2 aromatic carbocycles. The van der Waals surface area contributed by atoms with Gasteiger partial charge in [-0.3, -0.25) is 4.79 Å². The van der Waals surface area contributed by atoms with E-state index in [1.807, 2.05) is 32.0 Å². The molecule has 0 fully saturated rings. The summed E-state index contributed by atoms with van der Waals surface area (Å²) in [5.41, 5.74) is 1.39. The number of ether oxygens (including phenoxy) is 4. The van der Waals surface area contributed by atoms with Gasteiger partial charge in [-0.2, -0.15) is 0 Å². The molecule has 0 aromatic heterocycles. The van der Waals surface area contributed by atoms with E-state index in [0.29, 0.717) is 54.9 Å². The van der Waals surface area contributed by atoms with Crippen LogP contribution in [-0.4, -0.2) is 32.8 Å². The van der Waals surface area contributed by atoms with Crippen LogP contribution in [0.5, 0.6) is 23.0 Å². The molecule has 0 aliphatic carbocycles. The van der Waals surface area contributed by atoms with E-state index in [-0.39, 0.29) is 5.91 Å². The first-order chi connectivity index (χ1) is 14.1. The minimum absolute atomic E-state index is 0.210. The van der Waals surface area contributed by atoms with Gasteiger partial charge in [-0.25, -0.2) is 0 Å². The number of amides is 1. The quantitative estimate of drug-likeness (QED) is 0.527. The first-order valence-corrected chi connectivity index (χ1v) is 10.1. The van der Waals surface area contributed by atoms with Gasteiger partial charge in [0.1, 0.15) is 11.5 Å². The number of nitrogens with one attached hydrogen (secondary N) is 1.